The highest BCUT2D eigenvalue weighted by Gasteiger charge is 2.36. The summed E-state index contributed by atoms with van der Waals surface area (Å²) in [7, 11) is 0. The fourth-order valence-electron chi connectivity index (χ4n) is 5.38. The first kappa shape index (κ1) is 24.6. The average Bonchev–Trinajstić information content (AvgIpc) is 2.75. The van der Waals surface area contributed by atoms with Crippen LogP contribution in [0, 0.1) is 5.41 Å². The van der Waals surface area contributed by atoms with Crippen LogP contribution >= 0.6 is 0 Å². The summed E-state index contributed by atoms with van der Waals surface area (Å²) in [4.78, 5) is 0. The van der Waals surface area contributed by atoms with Crippen LogP contribution in [0.4, 0.5) is 0 Å². The molecule has 34 heavy (non-hydrogen) atoms. The molecule has 0 spiro atoms. The Kier molecular flexibility index (Phi) is 6.73. The van der Waals surface area contributed by atoms with Crippen molar-refractivity contribution >= 4 is 23.1 Å². The third kappa shape index (κ3) is 4.83. The van der Waals surface area contributed by atoms with Gasteiger partial charge in [0.2, 0.25) is 0 Å². The van der Waals surface area contributed by atoms with Crippen LogP contribution in [0.5, 0.6) is 11.5 Å². The van der Waals surface area contributed by atoms with Crippen molar-refractivity contribution in [3.63, 3.8) is 0 Å². The van der Waals surface area contributed by atoms with Crippen molar-refractivity contribution in [1.82, 2.24) is 0 Å². The lowest BCUT2D eigenvalue weighted by atomic mass is 9.34. The highest BCUT2D eigenvalue weighted by molar-refractivity contribution is 6.97. The zero-order chi connectivity index (χ0) is 24.8. The molecule has 1 aliphatic rings. The fourth-order valence-corrected chi connectivity index (χ4v) is 5.38. The Hall–Kier alpha value is -2.48. The van der Waals surface area contributed by atoms with Gasteiger partial charge in [-0.05, 0) is 74.9 Å². The van der Waals surface area contributed by atoms with E-state index >= 15 is 0 Å². The summed E-state index contributed by atoms with van der Waals surface area (Å²) >= 11 is 0. The van der Waals surface area contributed by atoms with E-state index in [0.29, 0.717) is 17.8 Å². The van der Waals surface area contributed by atoms with E-state index in [1.165, 1.54) is 38.6 Å². The third-order valence-corrected chi connectivity index (χ3v) is 7.04. The Morgan fingerprint density at radius 3 is 1.85 bits per heavy atom. The van der Waals surface area contributed by atoms with Crippen LogP contribution in [0.15, 0.2) is 54.6 Å². The molecule has 3 aromatic carbocycles. The van der Waals surface area contributed by atoms with E-state index in [1.807, 2.05) is 0 Å². The largest absolute Gasteiger partial charge is 0.458 e. The standard InChI is InChI=1S/C32H41BO/c1-20(2)24-17-25(21(3)4)31(26(18-24)22(5)6)33-27-12-10-11-13-29(27)34-30-16-23(14-15-28(30)33)19-32(7,8)9/h10-18,20-22H,19H2,1-9H3. The molecule has 0 fully saturated rings. The highest BCUT2D eigenvalue weighted by Crippen LogP contribution is 2.31. The summed E-state index contributed by atoms with van der Waals surface area (Å²) in [6, 6.07) is 20.5. The van der Waals surface area contributed by atoms with Crippen LogP contribution in [-0.4, -0.2) is 6.71 Å². The molecular formula is C32H41BO. The quantitative estimate of drug-likeness (QED) is 0.290. The number of rotatable bonds is 5. The first-order valence-electron chi connectivity index (χ1n) is 13.0. The predicted molar refractivity (Wildman–Crippen MR) is 149 cm³/mol. The van der Waals surface area contributed by atoms with Crippen molar-refractivity contribution in [2.45, 2.75) is 86.5 Å². The van der Waals surface area contributed by atoms with Crippen molar-refractivity contribution in [2.24, 2.45) is 5.41 Å². The van der Waals surface area contributed by atoms with Gasteiger partial charge in [-0.2, -0.15) is 0 Å². The maximum atomic E-state index is 6.55. The lowest BCUT2D eigenvalue weighted by molar-refractivity contribution is 0.410. The van der Waals surface area contributed by atoms with Gasteiger partial charge in [0, 0.05) is 0 Å². The van der Waals surface area contributed by atoms with Gasteiger partial charge in [0.25, 0.3) is 6.71 Å². The second-order valence-electron chi connectivity index (χ2n) is 12.3. The summed E-state index contributed by atoms with van der Waals surface area (Å²) in [6.07, 6.45) is 1.04. The molecule has 178 valence electrons. The number of hydrogen-bond acceptors (Lipinski definition) is 1. The second kappa shape index (κ2) is 9.29. The zero-order valence-corrected chi connectivity index (χ0v) is 22.6. The first-order valence-corrected chi connectivity index (χ1v) is 13.0. The molecule has 4 rings (SSSR count). The average molecular weight is 452 g/mol. The van der Waals surface area contributed by atoms with E-state index < -0.39 is 0 Å². The monoisotopic (exact) mass is 452 g/mol. The van der Waals surface area contributed by atoms with E-state index in [4.69, 9.17) is 4.74 Å². The summed E-state index contributed by atoms with van der Waals surface area (Å²) in [5.74, 6) is 3.42. The minimum atomic E-state index is 0.180. The predicted octanol–water partition coefficient (Wildman–Crippen LogP) is 7.27. The summed E-state index contributed by atoms with van der Waals surface area (Å²) in [5, 5.41) is 0. The molecule has 0 unspecified atom stereocenters. The molecule has 0 saturated carbocycles. The normalized spacial score (nSPS) is 13.4. The number of ether oxygens (including phenoxy) is 1. The molecule has 1 heterocycles. The van der Waals surface area contributed by atoms with Crippen molar-refractivity contribution in [3.05, 3.63) is 76.9 Å². The van der Waals surface area contributed by atoms with Gasteiger partial charge in [-0.1, -0.05) is 110 Å². The Morgan fingerprint density at radius 2 is 1.29 bits per heavy atom. The van der Waals surface area contributed by atoms with Gasteiger partial charge in [-0.3, -0.25) is 0 Å². The molecule has 0 amide bonds. The van der Waals surface area contributed by atoms with Gasteiger partial charge >= 0.3 is 0 Å². The number of hydrogen-bond donors (Lipinski definition) is 0. The lowest BCUT2D eigenvalue weighted by Gasteiger charge is -2.32. The van der Waals surface area contributed by atoms with E-state index in [1.54, 1.807) is 0 Å². The molecule has 1 nitrogen and oxygen atoms in total. The van der Waals surface area contributed by atoms with Crippen LogP contribution in [0.2, 0.25) is 0 Å². The molecular weight excluding hydrogens is 411 g/mol. The summed E-state index contributed by atoms with van der Waals surface area (Å²) in [5.41, 5.74) is 10.0. The van der Waals surface area contributed by atoms with E-state index in [2.05, 4.69) is 117 Å². The SMILES string of the molecule is CC(C)c1cc(C(C)C)c(B2c3ccccc3Oc3cc(CC(C)(C)C)ccc32)c(C(C)C)c1. The van der Waals surface area contributed by atoms with Crippen molar-refractivity contribution in [1.29, 1.82) is 0 Å². The molecule has 0 aromatic heterocycles. The van der Waals surface area contributed by atoms with Crippen molar-refractivity contribution in [3.8, 4) is 11.5 Å². The molecule has 0 atom stereocenters. The van der Waals surface area contributed by atoms with Crippen molar-refractivity contribution < 1.29 is 4.74 Å². The Labute approximate surface area is 208 Å². The molecule has 0 aliphatic carbocycles. The Bertz CT molecular complexity index is 1150. The minimum Gasteiger partial charge on any atom is -0.458 e. The Balaban J connectivity index is 2.00. The lowest BCUT2D eigenvalue weighted by Crippen LogP contribution is -2.57. The molecule has 2 heteroatoms. The molecule has 0 radical (unpaired) electrons. The van der Waals surface area contributed by atoms with Gasteiger partial charge in [-0.25, -0.2) is 0 Å². The van der Waals surface area contributed by atoms with E-state index in [-0.39, 0.29) is 12.1 Å². The van der Waals surface area contributed by atoms with Crippen LogP contribution in [0.25, 0.3) is 0 Å². The summed E-state index contributed by atoms with van der Waals surface area (Å²) in [6.45, 7) is 21.0. The van der Waals surface area contributed by atoms with Crippen molar-refractivity contribution in [2.75, 3.05) is 0 Å². The van der Waals surface area contributed by atoms with Crippen LogP contribution in [0.3, 0.4) is 0 Å². The van der Waals surface area contributed by atoms with E-state index in [9.17, 15) is 0 Å². The van der Waals surface area contributed by atoms with Gasteiger partial charge < -0.3 is 4.74 Å². The maximum Gasteiger partial charge on any atom is 0.251 e. The smallest absolute Gasteiger partial charge is 0.251 e. The van der Waals surface area contributed by atoms with Gasteiger partial charge in [-0.15, -0.1) is 0 Å². The van der Waals surface area contributed by atoms with Crippen LogP contribution in [0.1, 0.15) is 102 Å². The third-order valence-electron chi connectivity index (χ3n) is 7.04. The number of benzene rings is 3. The highest BCUT2D eigenvalue weighted by atomic mass is 16.5. The second-order valence-corrected chi connectivity index (χ2v) is 12.3. The molecule has 0 N–H and O–H groups in total. The van der Waals surface area contributed by atoms with E-state index in [0.717, 1.165) is 17.9 Å². The zero-order valence-electron chi connectivity index (χ0n) is 22.6. The molecule has 3 aromatic rings. The Morgan fingerprint density at radius 1 is 0.706 bits per heavy atom. The maximum absolute atomic E-state index is 6.55. The number of para-hydroxylation sites is 1. The number of fused-ring (bicyclic) bond motifs is 2. The topological polar surface area (TPSA) is 9.23 Å². The van der Waals surface area contributed by atoms with Gasteiger partial charge in [0.15, 0.2) is 0 Å². The first-order chi connectivity index (χ1) is 16.0. The van der Waals surface area contributed by atoms with Gasteiger partial charge in [0.1, 0.15) is 11.5 Å². The molecule has 0 saturated heterocycles. The fraction of sp³-hybridized carbons (Fsp3) is 0.438. The molecule has 0 bridgehead atoms. The van der Waals surface area contributed by atoms with Crippen LogP contribution < -0.4 is 21.1 Å². The minimum absolute atomic E-state index is 0.180. The van der Waals surface area contributed by atoms with Gasteiger partial charge in [0.05, 0.1) is 0 Å². The summed E-state index contributed by atoms with van der Waals surface area (Å²) < 4.78 is 6.55. The van der Waals surface area contributed by atoms with Crippen LogP contribution in [-0.2, 0) is 6.42 Å². The molecule has 1 aliphatic heterocycles.